The average Bonchev–Trinajstić information content (AvgIpc) is 2.75. The highest BCUT2D eigenvalue weighted by Crippen LogP contribution is 2.41. The molecule has 2 atom stereocenters. The molecule has 222 valence electrons. The molecule has 2 aromatic rings. The van der Waals surface area contributed by atoms with Crippen LogP contribution in [0.4, 0.5) is 43.9 Å². The molecule has 3 nitrogen and oxygen atoms in total. The summed E-state index contributed by atoms with van der Waals surface area (Å²) in [6, 6.07) is 4.29. The number of hydrogen-bond donors (Lipinski definition) is 0. The van der Waals surface area contributed by atoms with E-state index in [0.717, 1.165) is 19.1 Å². The Bertz CT molecular complexity index is 1380. The number of hydrogen-bond acceptors (Lipinski definition) is 3. The van der Waals surface area contributed by atoms with Gasteiger partial charge in [0, 0.05) is 22.0 Å². The molecule has 2 aromatic carbocycles. The van der Waals surface area contributed by atoms with Crippen LogP contribution in [0.15, 0.2) is 46.9 Å². The van der Waals surface area contributed by atoms with Crippen LogP contribution in [-0.4, -0.2) is 38.1 Å². The van der Waals surface area contributed by atoms with E-state index in [1.54, 1.807) is 0 Å². The van der Waals surface area contributed by atoms with Gasteiger partial charge in [0.2, 0.25) is 0 Å². The first-order valence-corrected chi connectivity index (χ1v) is 13.9. The number of alkyl halides is 9. The van der Waals surface area contributed by atoms with Crippen molar-refractivity contribution in [1.82, 2.24) is 0 Å². The van der Waals surface area contributed by atoms with E-state index in [-0.39, 0.29) is 21.6 Å². The molecule has 0 aliphatic heterocycles. The van der Waals surface area contributed by atoms with Gasteiger partial charge in [-0.25, -0.2) is 12.8 Å². The maximum absolute atomic E-state index is 14.9. The van der Waals surface area contributed by atoms with E-state index in [1.807, 2.05) is 0 Å². The number of ketones is 1. The number of carbonyl (C=O) groups excluding carboxylic acids is 1. The largest absolute Gasteiger partial charge is 0.417 e. The summed E-state index contributed by atoms with van der Waals surface area (Å²) in [7, 11) is -4.73. The first kappa shape index (κ1) is 34.1. The SMILES string of the molecule is C[C@@H](CC(=O)c1ccc(/C(F)=C/C(c2ccc(Br)c(Cl)c2)C(F)(F)F)cc1C(F)(F)F)CS(=O)(=O)CC(F)(F)F. The maximum atomic E-state index is 14.9. The summed E-state index contributed by atoms with van der Waals surface area (Å²) in [5, 5.41) is -0.136. The Morgan fingerprint density at radius 2 is 1.60 bits per heavy atom. The predicted molar refractivity (Wildman–Crippen MR) is 131 cm³/mol. The third-order valence-corrected chi connectivity index (χ3v) is 8.40. The Balaban J connectivity index is 2.43. The highest BCUT2D eigenvalue weighted by molar-refractivity contribution is 9.10. The molecule has 0 aliphatic rings. The van der Waals surface area contributed by atoms with Gasteiger partial charge in [-0.2, -0.15) is 39.5 Å². The Labute approximate surface area is 235 Å². The second-order valence-corrected chi connectivity index (χ2v) is 12.2. The van der Waals surface area contributed by atoms with Crippen molar-refractivity contribution < 1.29 is 57.1 Å². The maximum Gasteiger partial charge on any atom is 0.417 e. The zero-order valence-electron chi connectivity index (χ0n) is 20.0. The van der Waals surface area contributed by atoms with Gasteiger partial charge in [-0.3, -0.25) is 4.79 Å². The highest BCUT2D eigenvalue weighted by Gasteiger charge is 2.41. The van der Waals surface area contributed by atoms with Gasteiger partial charge in [0.25, 0.3) is 0 Å². The monoisotopic (exact) mass is 690 g/mol. The summed E-state index contributed by atoms with van der Waals surface area (Å²) in [5.74, 6) is -10.3. The van der Waals surface area contributed by atoms with Crippen molar-refractivity contribution in [2.75, 3.05) is 11.5 Å². The minimum Gasteiger partial charge on any atom is -0.294 e. The number of benzene rings is 2. The summed E-state index contributed by atoms with van der Waals surface area (Å²) < 4.78 is 158. The fourth-order valence-electron chi connectivity index (χ4n) is 3.73. The molecule has 16 heteroatoms. The first-order valence-electron chi connectivity index (χ1n) is 10.9. The van der Waals surface area contributed by atoms with E-state index in [9.17, 15) is 57.1 Å². The lowest BCUT2D eigenvalue weighted by atomic mass is 9.93. The molecular weight excluding hydrogens is 674 g/mol. The zero-order chi connectivity index (χ0) is 30.8. The van der Waals surface area contributed by atoms with Crippen LogP contribution in [0.25, 0.3) is 5.83 Å². The Morgan fingerprint density at radius 3 is 2.10 bits per heavy atom. The van der Waals surface area contributed by atoms with E-state index in [1.165, 1.54) is 6.07 Å². The molecule has 0 saturated carbocycles. The minimum absolute atomic E-state index is 0.0458. The second-order valence-electron chi connectivity index (χ2n) is 8.87. The first-order chi connectivity index (χ1) is 18.0. The molecule has 2 rings (SSSR count). The Kier molecular flexibility index (Phi) is 10.6. The lowest BCUT2D eigenvalue weighted by molar-refractivity contribution is -0.140. The smallest absolute Gasteiger partial charge is 0.294 e. The summed E-state index contributed by atoms with van der Waals surface area (Å²) in [4.78, 5) is 12.5. The lowest BCUT2D eigenvalue weighted by Gasteiger charge is -2.19. The molecule has 0 aliphatic carbocycles. The third-order valence-electron chi connectivity index (χ3n) is 5.33. The van der Waals surface area contributed by atoms with Crippen LogP contribution in [0.2, 0.25) is 5.02 Å². The number of rotatable bonds is 9. The topological polar surface area (TPSA) is 51.2 Å². The van der Waals surface area contributed by atoms with Gasteiger partial charge in [0.05, 0.1) is 16.3 Å². The van der Waals surface area contributed by atoms with Gasteiger partial charge >= 0.3 is 18.5 Å². The molecule has 0 saturated heterocycles. The van der Waals surface area contributed by atoms with Crippen LogP contribution in [0.3, 0.4) is 0 Å². The summed E-state index contributed by atoms with van der Waals surface area (Å²) in [5.41, 5.74) is -4.23. The molecule has 40 heavy (non-hydrogen) atoms. The van der Waals surface area contributed by atoms with E-state index in [4.69, 9.17) is 11.6 Å². The third kappa shape index (κ3) is 9.75. The molecule has 0 aromatic heterocycles. The Morgan fingerprint density at radius 1 is 1.00 bits per heavy atom. The van der Waals surface area contributed by atoms with Crippen LogP contribution in [0.5, 0.6) is 0 Å². The van der Waals surface area contributed by atoms with E-state index >= 15 is 0 Å². The van der Waals surface area contributed by atoms with Crippen molar-refractivity contribution in [3.63, 3.8) is 0 Å². The minimum atomic E-state index is -5.30. The normalized spacial score (nSPS) is 15.2. The zero-order valence-corrected chi connectivity index (χ0v) is 23.1. The lowest BCUT2D eigenvalue weighted by Crippen LogP contribution is -2.28. The van der Waals surface area contributed by atoms with Gasteiger partial charge in [-0.1, -0.05) is 36.7 Å². The van der Waals surface area contributed by atoms with Gasteiger partial charge in [0.1, 0.15) is 17.5 Å². The van der Waals surface area contributed by atoms with Gasteiger partial charge in [0.15, 0.2) is 15.6 Å². The molecular formula is C24H18BrClF10O3S. The average molecular weight is 692 g/mol. The van der Waals surface area contributed by atoms with Gasteiger partial charge in [-0.05, 0) is 51.7 Å². The quantitative estimate of drug-likeness (QED) is 0.195. The Hall–Kier alpha value is -2.13. The molecule has 0 heterocycles. The fraction of sp³-hybridized carbons (Fsp3) is 0.375. The van der Waals surface area contributed by atoms with Crippen LogP contribution in [0, 0.1) is 5.92 Å². The number of sulfone groups is 1. The van der Waals surface area contributed by atoms with E-state index in [0.29, 0.717) is 12.1 Å². The summed E-state index contributed by atoms with van der Waals surface area (Å²) in [6.07, 6.45) is -16.3. The molecule has 0 bridgehead atoms. The molecule has 0 fully saturated rings. The van der Waals surface area contributed by atoms with Crippen molar-refractivity contribution in [3.8, 4) is 0 Å². The van der Waals surface area contributed by atoms with Crippen molar-refractivity contribution >= 4 is 49.0 Å². The van der Waals surface area contributed by atoms with Crippen LogP contribution in [0.1, 0.15) is 46.3 Å². The number of carbonyl (C=O) groups is 1. The fourth-order valence-corrected chi connectivity index (χ4v) is 5.76. The number of halogens is 12. The highest BCUT2D eigenvalue weighted by atomic mass is 79.9. The number of Topliss-reactive ketones (excluding diaryl/α,β-unsaturated/α-hetero) is 1. The molecule has 0 N–H and O–H groups in total. The molecule has 1 unspecified atom stereocenters. The van der Waals surface area contributed by atoms with Gasteiger partial charge in [-0.15, -0.1) is 0 Å². The van der Waals surface area contributed by atoms with Crippen molar-refractivity contribution in [2.24, 2.45) is 5.92 Å². The summed E-state index contributed by atoms with van der Waals surface area (Å²) >= 11 is 8.80. The molecule has 0 amide bonds. The molecule has 0 radical (unpaired) electrons. The van der Waals surface area contributed by atoms with Crippen molar-refractivity contribution in [2.45, 2.75) is 37.8 Å². The van der Waals surface area contributed by atoms with Crippen molar-refractivity contribution in [1.29, 1.82) is 0 Å². The number of allylic oxidation sites excluding steroid dienone is 1. The van der Waals surface area contributed by atoms with E-state index in [2.05, 4.69) is 15.9 Å². The standard InChI is InChI=1S/C24H18BrClF10O3S/c1-12(10-40(38,39)11-22(28,29)30)6-21(37)15-4-2-14(7-17(15)24(34,35)36)20(27)9-16(23(31,32)33)13-3-5-18(25)19(26)8-13/h2-5,7-9,12,16H,6,10-11H2,1H3/b20-9-/t12-,16?/m0/s1. The second kappa shape index (κ2) is 12.4. The van der Waals surface area contributed by atoms with Crippen LogP contribution >= 0.6 is 27.5 Å². The van der Waals surface area contributed by atoms with Gasteiger partial charge < -0.3 is 0 Å². The van der Waals surface area contributed by atoms with Crippen LogP contribution < -0.4 is 0 Å². The van der Waals surface area contributed by atoms with E-state index < -0.39 is 92.0 Å². The van der Waals surface area contributed by atoms with Crippen molar-refractivity contribution in [3.05, 3.63) is 74.2 Å². The summed E-state index contributed by atoms with van der Waals surface area (Å²) in [6.45, 7) is 1.04. The van der Waals surface area contributed by atoms with Crippen LogP contribution in [-0.2, 0) is 16.0 Å². The molecule has 0 spiro atoms. The predicted octanol–water partition coefficient (Wildman–Crippen LogP) is 8.96.